The molecule has 1 aromatic carbocycles. The number of rotatable bonds is 3. The lowest BCUT2D eigenvalue weighted by Crippen LogP contribution is -2.47. The minimum atomic E-state index is -4.05. The second-order valence-electron chi connectivity index (χ2n) is 4.91. The average molecular weight is 271 g/mol. The molecule has 1 radical (unpaired) electrons. The number of hydrogen-bond acceptors (Lipinski definition) is 2. The van der Waals surface area contributed by atoms with Crippen molar-refractivity contribution in [1.82, 2.24) is 4.90 Å². The van der Waals surface area contributed by atoms with Gasteiger partial charge in [0.2, 0.25) is 0 Å². The first-order valence-corrected chi connectivity index (χ1v) is 6.46. The van der Waals surface area contributed by atoms with Crippen LogP contribution in [-0.2, 0) is 0 Å². The summed E-state index contributed by atoms with van der Waals surface area (Å²) in [5, 5.41) is 0. The minimum absolute atomic E-state index is 0.110. The van der Waals surface area contributed by atoms with E-state index in [1.165, 1.54) is 0 Å². The summed E-state index contributed by atoms with van der Waals surface area (Å²) >= 11 is 0. The minimum Gasteiger partial charge on any atom is -0.369 e. The van der Waals surface area contributed by atoms with Gasteiger partial charge in [0, 0.05) is 38.4 Å². The highest BCUT2D eigenvalue weighted by Gasteiger charge is 2.28. The molecule has 0 bridgehead atoms. The van der Waals surface area contributed by atoms with Gasteiger partial charge in [-0.15, -0.1) is 0 Å². The van der Waals surface area contributed by atoms with Crippen LogP contribution in [-0.4, -0.2) is 43.8 Å². The quantitative estimate of drug-likeness (QED) is 0.834. The summed E-state index contributed by atoms with van der Waals surface area (Å²) in [6, 6.07) is 8.85. The van der Waals surface area contributed by atoms with Gasteiger partial charge in [-0.3, -0.25) is 4.90 Å². The Morgan fingerprint density at radius 2 is 1.89 bits per heavy atom. The first-order valence-electron chi connectivity index (χ1n) is 6.46. The highest BCUT2D eigenvalue weighted by molar-refractivity contribution is 5.53. The maximum Gasteiger partial charge on any atom is 0.390 e. The second-order valence-corrected chi connectivity index (χ2v) is 4.91. The van der Waals surface area contributed by atoms with E-state index in [4.69, 9.17) is 0 Å². The summed E-state index contributed by atoms with van der Waals surface area (Å²) in [6.07, 6.45) is -4.77. The van der Waals surface area contributed by atoms with Crippen molar-refractivity contribution in [3.63, 3.8) is 0 Å². The van der Waals surface area contributed by atoms with Crippen molar-refractivity contribution in [1.29, 1.82) is 0 Å². The van der Waals surface area contributed by atoms with Crippen LogP contribution in [0.4, 0.5) is 18.9 Å². The van der Waals surface area contributed by atoms with Crippen LogP contribution in [0.5, 0.6) is 0 Å². The topological polar surface area (TPSA) is 6.48 Å². The molecule has 1 heterocycles. The molecule has 0 spiro atoms. The largest absolute Gasteiger partial charge is 0.390 e. The summed E-state index contributed by atoms with van der Waals surface area (Å²) in [6.45, 7) is 5.08. The number of hydrogen-bond donors (Lipinski definition) is 0. The third-order valence-corrected chi connectivity index (χ3v) is 3.47. The van der Waals surface area contributed by atoms with E-state index in [1.807, 2.05) is 30.0 Å². The molecule has 19 heavy (non-hydrogen) atoms. The van der Waals surface area contributed by atoms with E-state index in [0.717, 1.165) is 24.3 Å². The first-order chi connectivity index (χ1) is 8.96. The Balaban J connectivity index is 1.84. The number of anilines is 1. The monoisotopic (exact) mass is 271 g/mol. The maximum atomic E-state index is 12.2. The summed E-state index contributed by atoms with van der Waals surface area (Å²) in [4.78, 5) is 4.11. The molecule has 1 saturated heterocycles. The summed E-state index contributed by atoms with van der Waals surface area (Å²) in [7, 11) is 0. The first kappa shape index (κ1) is 14.2. The lowest BCUT2D eigenvalue weighted by atomic mass is 10.1. The van der Waals surface area contributed by atoms with E-state index in [9.17, 15) is 13.2 Å². The fourth-order valence-corrected chi connectivity index (χ4v) is 2.36. The van der Waals surface area contributed by atoms with E-state index in [-0.39, 0.29) is 6.54 Å². The number of halogens is 3. The Bertz CT molecular complexity index is 409. The fraction of sp³-hybridized carbons (Fsp3) is 0.571. The molecule has 105 valence electrons. The molecule has 0 N–H and O–H groups in total. The maximum absolute atomic E-state index is 12.2. The Morgan fingerprint density at radius 1 is 1.21 bits per heavy atom. The Kier molecular flexibility index (Phi) is 4.34. The molecule has 0 amide bonds. The van der Waals surface area contributed by atoms with Crippen molar-refractivity contribution in [3.05, 3.63) is 29.8 Å². The van der Waals surface area contributed by atoms with Gasteiger partial charge in [-0.1, -0.05) is 6.07 Å². The Labute approximate surface area is 111 Å². The number of alkyl halides is 3. The zero-order valence-electron chi connectivity index (χ0n) is 11.0. The molecule has 1 aromatic rings. The highest BCUT2D eigenvalue weighted by atomic mass is 19.4. The number of piperazine rings is 1. The SMILES string of the molecule is Cc1c[c]ccc1N1CCN(CCC(F)(F)F)CC1. The standard InChI is InChI=1S/C14H18F3N2/c1-12-4-2-3-5-13(12)19-10-8-18(9-11-19)7-6-14(15,16)17/h3-5H,6-11H2,1H3. The average Bonchev–Trinajstić information content (AvgIpc) is 2.37. The third-order valence-electron chi connectivity index (χ3n) is 3.47. The van der Waals surface area contributed by atoms with Gasteiger partial charge >= 0.3 is 6.18 Å². The van der Waals surface area contributed by atoms with Gasteiger partial charge < -0.3 is 4.90 Å². The van der Waals surface area contributed by atoms with Gasteiger partial charge in [-0.25, -0.2) is 0 Å². The van der Waals surface area contributed by atoms with Crippen molar-refractivity contribution in [2.24, 2.45) is 0 Å². The van der Waals surface area contributed by atoms with E-state index < -0.39 is 12.6 Å². The van der Waals surface area contributed by atoms with Crippen molar-refractivity contribution in [3.8, 4) is 0 Å². The number of benzene rings is 1. The zero-order valence-corrected chi connectivity index (χ0v) is 11.0. The molecule has 0 saturated carbocycles. The lowest BCUT2D eigenvalue weighted by Gasteiger charge is -2.36. The van der Waals surface area contributed by atoms with Gasteiger partial charge in [0.25, 0.3) is 0 Å². The molecule has 1 fully saturated rings. The molecule has 0 aromatic heterocycles. The van der Waals surface area contributed by atoms with Gasteiger partial charge in [0.05, 0.1) is 6.42 Å². The molecule has 0 aliphatic carbocycles. The van der Waals surface area contributed by atoms with Gasteiger partial charge in [-0.05, 0) is 30.7 Å². The number of aryl methyl sites for hydroxylation is 1. The Hall–Kier alpha value is -1.23. The van der Waals surface area contributed by atoms with Crippen LogP contribution in [0.3, 0.4) is 0 Å². The van der Waals surface area contributed by atoms with E-state index in [2.05, 4.69) is 11.0 Å². The predicted octanol–water partition coefficient (Wildman–Crippen LogP) is 2.87. The van der Waals surface area contributed by atoms with Crippen molar-refractivity contribution in [2.45, 2.75) is 19.5 Å². The summed E-state index contributed by atoms with van der Waals surface area (Å²) in [5.41, 5.74) is 2.32. The Morgan fingerprint density at radius 3 is 2.47 bits per heavy atom. The molecule has 5 heteroatoms. The normalized spacial score (nSPS) is 17.8. The zero-order chi connectivity index (χ0) is 13.9. The van der Waals surface area contributed by atoms with Crippen molar-refractivity contribution in [2.75, 3.05) is 37.6 Å². The molecular formula is C14H18F3N2. The summed E-state index contributed by atoms with van der Waals surface area (Å²) < 4.78 is 36.5. The smallest absolute Gasteiger partial charge is 0.369 e. The van der Waals surface area contributed by atoms with Crippen molar-refractivity contribution < 1.29 is 13.2 Å². The van der Waals surface area contributed by atoms with Crippen LogP contribution < -0.4 is 4.90 Å². The summed E-state index contributed by atoms with van der Waals surface area (Å²) in [5.74, 6) is 0. The van der Waals surface area contributed by atoms with Gasteiger partial charge in [0.1, 0.15) is 0 Å². The van der Waals surface area contributed by atoms with Crippen LogP contribution in [0.1, 0.15) is 12.0 Å². The fourth-order valence-electron chi connectivity index (χ4n) is 2.36. The van der Waals surface area contributed by atoms with Gasteiger partial charge in [0.15, 0.2) is 0 Å². The van der Waals surface area contributed by atoms with E-state index >= 15 is 0 Å². The third kappa shape index (κ3) is 4.13. The van der Waals surface area contributed by atoms with E-state index in [1.54, 1.807) is 0 Å². The molecular weight excluding hydrogens is 253 g/mol. The van der Waals surface area contributed by atoms with Crippen LogP contribution in [0.15, 0.2) is 18.2 Å². The molecule has 2 nitrogen and oxygen atoms in total. The lowest BCUT2D eigenvalue weighted by molar-refractivity contribution is -0.138. The second kappa shape index (κ2) is 5.82. The van der Waals surface area contributed by atoms with E-state index in [0.29, 0.717) is 13.1 Å². The van der Waals surface area contributed by atoms with Crippen molar-refractivity contribution >= 4 is 5.69 Å². The van der Waals surface area contributed by atoms with Crippen LogP contribution in [0, 0.1) is 13.0 Å². The molecule has 0 atom stereocenters. The molecule has 1 aliphatic heterocycles. The van der Waals surface area contributed by atoms with Crippen LogP contribution >= 0.6 is 0 Å². The van der Waals surface area contributed by atoms with Crippen LogP contribution in [0.2, 0.25) is 0 Å². The predicted molar refractivity (Wildman–Crippen MR) is 69.3 cm³/mol. The van der Waals surface area contributed by atoms with Gasteiger partial charge in [-0.2, -0.15) is 13.2 Å². The number of nitrogens with zero attached hydrogens (tertiary/aromatic N) is 2. The molecule has 2 rings (SSSR count). The molecule has 1 aliphatic rings. The molecule has 0 unspecified atom stereocenters. The highest BCUT2D eigenvalue weighted by Crippen LogP contribution is 2.22. The van der Waals surface area contributed by atoms with Crippen LogP contribution in [0.25, 0.3) is 0 Å².